The van der Waals surface area contributed by atoms with Crippen LogP contribution in [-0.2, 0) is 9.53 Å². The van der Waals surface area contributed by atoms with Crippen molar-refractivity contribution in [3.63, 3.8) is 0 Å². The molecule has 0 bridgehead atoms. The van der Waals surface area contributed by atoms with Crippen LogP contribution in [0, 0.1) is 6.92 Å². The molecule has 140 valence electrons. The maximum atomic E-state index is 13.1. The van der Waals surface area contributed by atoms with Gasteiger partial charge in [0.15, 0.2) is 5.13 Å². The number of aromatic nitrogens is 1. The Labute approximate surface area is 167 Å². The maximum Gasteiger partial charge on any atom is 0.239 e. The average molecular weight is 399 g/mol. The lowest BCUT2D eigenvalue weighted by atomic mass is 10.2. The van der Waals surface area contributed by atoms with Crippen molar-refractivity contribution in [2.75, 3.05) is 23.8 Å². The van der Waals surface area contributed by atoms with Gasteiger partial charge in [-0.25, -0.2) is 4.98 Å². The molecule has 1 fully saturated rings. The average Bonchev–Trinajstić information content (AvgIpc) is 3.34. The van der Waals surface area contributed by atoms with Crippen molar-refractivity contribution in [2.24, 2.45) is 0 Å². The van der Waals surface area contributed by atoms with Crippen LogP contribution in [0.5, 0.6) is 0 Å². The first-order valence-electron chi connectivity index (χ1n) is 9.16. The van der Waals surface area contributed by atoms with E-state index in [0.29, 0.717) is 12.3 Å². The summed E-state index contributed by atoms with van der Waals surface area (Å²) < 4.78 is 6.89. The minimum Gasteiger partial charge on any atom is -0.376 e. The number of hydrogen-bond acceptors (Lipinski definition) is 5. The summed E-state index contributed by atoms with van der Waals surface area (Å²) in [6.45, 7) is 3.43. The highest BCUT2D eigenvalue weighted by Crippen LogP contribution is 2.31. The highest BCUT2D eigenvalue weighted by atomic mass is 32.2. The van der Waals surface area contributed by atoms with E-state index in [2.05, 4.69) is 19.1 Å². The number of carbonyl (C=O) groups is 1. The summed E-state index contributed by atoms with van der Waals surface area (Å²) >= 11 is 3.16. The van der Waals surface area contributed by atoms with Gasteiger partial charge in [0.25, 0.3) is 0 Å². The Hall–Kier alpha value is -1.89. The number of para-hydroxylation sites is 1. The predicted octanol–water partition coefficient (Wildman–Crippen LogP) is 4.91. The van der Waals surface area contributed by atoms with E-state index in [1.165, 1.54) is 5.56 Å². The van der Waals surface area contributed by atoms with Crippen molar-refractivity contribution < 1.29 is 9.53 Å². The van der Waals surface area contributed by atoms with E-state index in [1.807, 2.05) is 41.3 Å². The van der Waals surface area contributed by atoms with Crippen molar-refractivity contribution in [3.05, 3.63) is 54.1 Å². The Morgan fingerprint density at radius 3 is 2.85 bits per heavy atom. The number of fused-ring (bicyclic) bond motifs is 1. The third-order valence-corrected chi connectivity index (χ3v) is 6.89. The second kappa shape index (κ2) is 8.42. The number of ether oxygens (including phenoxy) is 1. The number of thiazole rings is 1. The number of anilines is 1. The number of rotatable bonds is 6. The summed E-state index contributed by atoms with van der Waals surface area (Å²) in [7, 11) is 0. The van der Waals surface area contributed by atoms with Gasteiger partial charge in [-0.2, -0.15) is 0 Å². The second-order valence-electron chi connectivity index (χ2n) is 6.66. The molecule has 27 heavy (non-hydrogen) atoms. The van der Waals surface area contributed by atoms with Crippen molar-refractivity contribution in [3.8, 4) is 0 Å². The molecule has 1 aromatic heterocycles. The van der Waals surface area contributed by atoms with Crippen LogP contribution < -0.4 is 4.90 Å². The molecule has 1 aliphatic rings. The van der Waals surface area contributed by atoms with Crippen LogP contribution >= 0.6 is 23.1 Å². The zero-order valence-electron chi connectivity index (χ0n) is 15.3. The SMILES string of the molecule is Cc1ccccc1SCC(=O)N(CC1CCCO1)c1nc2ccccc2s1. The van der Waals surface area contributed by atoms with Crippen molar-refractivity contribution in [2.45, 2.75) is 30.8 Å². The fourth-order valence-electron chi connectivity index (χ4n) is 3.19. The van der Waals surface area contributed by atoms with E-state index < -0.39 is 0 Å². The first-order chi connectivity index (χ1) is 13.2. The molecule has 4 rings (SSSR count). The number of amides is 1. The number of hydrogen-bond donors (Lipinski definition) is 0. The second-order valence-corrected chi connectivity index (χ2v) is 8.68. The summed E-state index contributed by atoms with van der Waals surface area (Å²) in [6, 6.07) is 16.2. The first kappa shape index (κ1) is 18.5. The molecule has 1 aliphatic heterocycles. The normalized spacial score (nSPS) is 16.7. The number of thioether (sulfide) groups is 1. The fraction of sp³-hybridized carbons (Fsp3) is 0.333. The van der Waals surface area contributed by atoms with Crippen LogP contribution in [-0.4, -0.2) is 35.9 Å². The van der Waals surface area contributed by atoms with E-state index in [4.69, 9.17) is 9.72 Å². The Balaban J connectivity index is 1.54. The predicted molar refractivity (Wildman–Crippen MR) is 113 cm³/mol. The van der Waals surface area contributed by atoms with E-state index >= 15 is 0 Å². The van der Waals surface area contributed by atoms with Crippen molar-refractivity contribution >= 4 is 44.4 Å². The van der Waals surface area contributed by atoms with Gasteiger partial charge in [0.2, 0.25) is 5.91 Å². The molecule has 2 heterocycles. The van der Waals surface area contributed by atoms with Gasteiger partial charge in [-0.1, -0.05) is 41.7 Å². The molecule has 0 N–H and O–H groups in total. The summed E-state index contributed by atoms with van der Waals surface area (Å²) in [5.74, 6) is 0.478. The zero-order valence-corrected chi connectivity index (χ0v) is 16.9. The molecule has 0 radical (unpaired) electrons. The van der Waals surface area contributed by atoms with E-state index in [-0.39, 0.29) is 12.0 Å². The fourth-order valence-corrected chi connectivity index (χ4v) is 5.09. The van der Waals surface area contributed by atoms with Crippen molar-refractivity contribution in [1.82, 2.24) is 4.98 Å². The third kappa shape index (κ3) is 4.34. The minimum atomic E-state index is 0.0813. The Morgan fingerprint density at radius 2 is 2.07 bits per heavy atom. The lowest BCUT2D eigenvalue weighted by Gasteiger charge is -2.23. The highest BCUT2D eigenvalue weighted by molar-refractivity contribution is 8.00. The van der Waals surface area contributed by atoms with Gasteiger partial charge < -0.3 is 4.74 Å². The number of benzene rings is 2. The highest BCUT2D eigenvalue weighted by Gasteiger charge is 2.26. The molecule has 1 unspecified atom stereocenters. The summed E-state index contributed by atoms with van der Waals surface area (Å²) in [5, 5.41) is 0.766. The van der Waals surface area contributed by atoms with Gasteiger partial charge in [-0.15, -0.1) is 11.8 Å². The third-order valence-electron chi connectivity index (χ3n) is 4.67. The molecule has 0 aliphatic carbocycles. The van der Waals surface area contributed by atoms with Crippen LogP contribution in [0.4, 0.5) is 5.13 Å². The molecule has 4 nitrogen and oxygen atoms in total. The topological polar surface area (TPSA) is 42.4 Å². The Kier molecular flexibility index (Phi) is 5.76. The molecule has 1 atom stereocenters. The van der Waals surface area contributed by atoms with Crippen LogP contribution in [0.15, 0.2) is 53.4 Å². The molecular weight excluding hydrogens is 376 g/mol. The standard InChI is InChI=1S/C21H22N2O2S2/c1-15-7-2-4-10-18(15)26-14-20(24)23(13-16-8-6-12-25-16)21-22-17-9-3-5-11-19(17)27-21/h2-5,7,9-11,16H,6,8,12-14H2,1H3. The summed E-state index contributed by atoms with van der Waals surface area (Å²) in [4.78, 5) is 20.8. The molecular formula is C21H22N2O2S2. The summed E-state index contributed by atoms with van der Waals surface area (Å²) in [6.07, 6.45) is 2.16. The summed E-state index contributed by atoms with van der Waals surface area (Å²) in [5.41, 5.74) is 2.13. The zero-order chi connectivity index (χ0) is 18.6. The number of aryl methyl sites for hydroxylation is 1. The smallest absolute Gasteiger partial charge is 0.239 e. The molecule has 3 aromatic rings. The monoisotopic (exact) mass is 398 g/mol. The van der Waals surface area contributed by atoms with Crippen LogP contribution in [0.3, 0.4) is 0 Å². The van der Waals surface area contributed by atoms with Crippen LogP contribution in [0.1, 0.15) is 18.4 Å². The first-order valence-corrected chi connectivity index (χ1v) is 11.0. The number of carbonyl (C=O) groups excluding carboxylic acids is 1. The largest absolute Gasteiger partial charge is 0.376 e. The van der Waals surface area contributed by atoms with Crippen molar-refractivity contribution in [1.29, 1.82) is 0 Å². The molecule has 1 amide bonds. The minimum absolute atomic E-state index is 0.0813. The van der Waals surface area contributed by atoms with Crippen LogP contribution in [0.2, 0.25) is 0 Å². The molecule has 2 aromatic carbocycles. The molecule has 1 saturated heterocycles. The lowest BCUT2D eigenvalue weighted by Crippen LogP contribution is -2.38. The molecule has 0 saturated carbocycles. The number of nitrogens with zero attached hydrogens (tertiary/aromatic N) is 2. The van der Waals surface area contributed by atoms with E-state index in [1.54, 1.807) is 23.1 Å². The van der Waals surface area contributed by atoms with Gasteiger partial charge in [0, 0.05) is 11.5 Å². The van der Waals surface area contributed by atoms with Crippen LogP contribution in [0.25, 0.3) is 10.2 Å². The molecule has 6 heteroatoms. The maximum absolute atomic E-state index is 13.1. The van der Waals surface area contributed by atoms with E-state index in [9.17, 15) is 4.79 Å². The lowest BCUT2D eigenvalue weighted by molar-refractivity contribution is -0.116. The van der Waals surface area contributed by atoms with Gasteiger partial charge >= 0.3 is 0 Å². The quantitative estimate of drug-likeness (QED) is 0.553. The Morgan fingerprint density at radius 1 is 1.26 bits per heavy atom. The Bertz CT molecular complexity index is 902. The molecule has 0 spiro atoms. The van der Waals surface area contributed by atoms with Gasteiger partial charge in [-0.05, 0) is 43.5 Å². The van der Waals surface area contributed by atoms with Gasteiger partial charge in [-0.3, -0.25) is 9.69 Å². The van der Waals surface area contributed by atoms with Gasteiger partial charge in [0.05, 0.1) is 28.6 Å². The van der Waals surface area contributed by atoms with E-state index in [0.717, 1.165) is 39.7 Å². The van der Waals surface area contributed by atoms with Gasteiger partial charge in [0.1, 0.15) is 0 Å².